The standard InChI is InChI=1S/C46H84O6/c1-4-7-10-13-16-18-20-21-22-23-24-25-27-28-30-33-36-39-45(48)51-42-43(41-50-44(47)38-35-32-15-12-9-6-3)52-46(49)40-37-34-31-29-26-19-17-14-11-8-5-2/h14,17,21-22,43H,4-13,15-16,18-20,23-42H2,1-3H3/b17-14-,22-21-. The molecule has 0 aliphatic heterocycles. The molecule has 0 rings (SSSR count). The van der Waals surface area contributed by atoms with Crippen molar-refractivity contribution in [1.29, 1.82) is 0 Å². The maximum atomic E-state index is 12.6. The van der Waals surface area contributed by atoms with E-state index in [9.17, 15) is 14.4 Å². The van der Waals surface area contributed by atoms with Crippen LogP contribution < -0.4 is 0 Å². The van der Waals surface area contributed by atoms with Crippen LogP contribution in [0.5, 0.6) is 0 Å². The molecular formula is C46H84O6. The number of rotatable bonds is 40. The highest BCUT2D eigenvalue weighted by Crippen LogP contribution is 2.14. The van der Waals surface area contributed by atoms with Gasteiger partial charge in [0.15, 0.2) is 6.10 Å². The van der Waals surface area contributed by atoms with Gasteiger partial charge in [-0.2, -0.15) is 0 Å². The molecule has 0 saturated carbocycles. The van der Waals surface area contributed by atoms with Crippen LogP contribution in [0.4, 0.5) is 0 Å². The molecule has 0 aliphatic rings. The van der Waals surface area contributed by atoms with Gasteiger partial charge in [0, 0.05) is 19.3 Å². The smallest absolute Gasteiger partial charge is 0.306 e. The van der Waals surface area contributed by atoms with Crippen molar-refractivity contribution >= 4 is 17.9 Å². The van der Waals surface area contributed by atoms with E-state index in [1.54, 1.807) is 0 Å². The second-order valence-corrected chi connectivity index (χ2v) is 15.0. The Morgan fingerprint density at radius 1 is 0.365 bits per heavy atom. The molecule has 0 fully saturated rings. The highest BCUT2D eigenvalue weighted by atomic mass is 16.6. The summed E-state index contributed by atoms with van der Waals surface area (Å²) < 4.78 is 16.6. The number of ether oxygens (including phenoxy) is 3. The van der Waals surface area contributed by atoms with Gasteiger partial charge in [-0.15, -0.1) is 0 Å². The third-order valence-corrected chi connectivity index (χ3v) is 9.68. The number of allylic oxidation sites excluding steroid dienone is 4. The zero-order valence-electron chi connectivity index (χ0n) is 34.6. The number of esters is 3. The molecular weight excluding hydrogens is 648 g/mol. The highest BCUT2D eigenvalue weighted by molar-refractivity contribution is 5.71. The molecule has 1 atom stereocenters. The van der Waals surface area contributed by atoms with E-state index in [-0.39, 0.29) is 31.1 Å². The Balaban J connectivity index is 4.23. The molecule has 0 amide bonds. The Morgan fingerprint density at radius 2 is 0.654 bits per heavy atom. The van der Waals surface area contributed by atoms with Crippen LogP contribution in [-0.4, -0.2) is 37.2 Å². The van der Waals surface area contributed by atoms with Crippen LogP contribution in [0.25, 0.3) is 0 Å². The second kappa shape index (κ2) is 41.6. The first-order valence-electron chi connectivity index (χ1n) is 22.3. The summed E-state index contributed by atoms with van der Waals surface area (Å²) in [7, 11) is 0. The van der Waals surface area contributed by atoms with E-state index < -0.39 is 6.10 Å². The molecule has 1 unspecified atom stereocenters. The van der Waals surface area contributed by atoms with Crippen molar-refractivity contribution in [2.24, 2.45) is 0 Å². The van der Waals surface area contributed by atoms with E-state index >= 15 is 0 Å². The van der Waals surface area contributed by atoms with Crippen molar-refractivity contribution in [3.63, 3.8) is 0 Å². The summed E-state index contributed by atoms with van der Waals surface area (Å²) >= 11 is 0. The van der Waals surface area contributed by atoms with Crippen LogP contribution in [-0.2, 0) is 28.6 Å². The minimum atomic E-state index is -0.769. The van der Waals surface area contributed by atoms with Gasteiger partial charge in [-0.25, -0.2) is 0 Å². The van der Waals surface area contributed by atoms with Gasteiger partial charge in [-0.3, -0.25) is 14.4 Å². The zero-order valence-corrected chi connectivity index (χ0v) is 34.6. The van der Waals surface area contributed by atoms with Crippen molar-refractivity contribution in [3.05, 3.63) is 24.3 Å². The first-order valence-corrected chi connectivity index (χ1v) is 22.3. The molecule has 304 valence electrons. The van der Waals surface area contributed by atoms with E-state index in [1.165, 1.54) is 122 Å². The predicted molar refractivity (Wildman–Crippen MR) is 219 cm³/mol. The Labute approximate surface area is 322 Å². The number of unbranched alkanes of at least 4 members (excludes halogenated alkanes) is 25. The van der Waals surface area contributed by atoms with Gasteiger partial charge in [0.25, 0.3) is 0 Å². The normalized spacial score (nSPS) is 12.1. The number of hydrogen-bond acceptors (Lipinski definition) is 6. The predicted octanol–water partition coefficient (Wildman–Crippen LogP) is 14.0. The van der Waals surface area contributed by atoms with Crippen LogP contribution in [0, 0.1) is 0 Å². The lowest BCUT2D eigenvalue weighted by Gasteiger charge is -2.18. The summed E-state index contributed by atoms with van der Waals surface area (Å²) in [6, 6.07) is 0. The van der Waals surface area contributed by atoms with Crippen molar-refractivity contribution in [2.75, 3.05) is 13.2 Å². The molecule has 0 aromatic carbocycles. The highest BCUT2D eigenvalue weighted by Gasteiger charge is 2.19. The van der Waals surface area contributed by atoms with Gasteiger partial charge in [0.05, 0.1) is 0 Å². The molecule has 0 N–H and O–H groups in total. The fraction of sp³-hybridized carbons (Fsp3) is 0.848. The van der Waals surface area contributed by atoms with E-state index in [1.807, 2.05) is 0 Å². The monoisotopic (exact) mass is 733 g/mol. The Hall–Kier alpha value is -2.11. The van der Waals surface area contributed by atoms with Gasteiger partial charge in [-0.05, 0) is 64.2 Å². The van der Waals surface area contributed by atoms with E-state index in [0.717, 1.165) is 70.6 Å². The SMILES string of the molecule is CCCC/C=C\CCCCCCCC(=O)OC(COC(=O)CCCCCCCC)COC(=O)CCCCCCCCC/C=C\CCCCCCCC. The molecule has 0 aromatic heterocycles. The Bertz CT molecular complexity index is 850. The second-order valence-electron chi connectivity index (χ2n) is 15.0. The molecule has 0 saturated heterocycles. The minimum Gasteiger partial charge on any atom is -0.462 e. The molecule has 0 bridgehead atoms. The van der Waals surface area contributed by atoms with Crippen LogP contribution in [0.15, 0.2) is 24.3 Å². The third-order valence-electron chi connectivity index (χ3n) is 9.68. The summed E-state index contributed by atoms with van der Waals surface area (Å²) in [6.07, 6.45) is 44.6. The van der Waals surface area contributed by atoms with Gasteiger partial charge in [0.2, 0.25) is 0 Å². The van der Waals surface area contributed by atoms with Gasteiger partial charge >= 0.3 is 17.9 Å². The van der Waals surface area contributed by atoms with Crippen molar-refractivity contribution in [1.82, 2.24) is 0 Å². The van der Waals surface area contributed by atoms with E-state index in [4.69, 9.17) is 14.2 Å². The summed E-state index contributed by atoms with van der Waals surface area (Å²) in [5, 5.41) is 0. The van der Waals surface area contributed by atoms with Crippen LogP contribution in [0.2, 0.25) is 0 Å². The summed E-state index contributed by atoms with van der Waals surface area (Å²) in [4.78, 5) is 37.5. The lowest BCUT2D eigenvalue weighted by molar-refractivity contribution is -0.167. The molecule has 0 aliphatic carbocycles. The molecule has 52 heavy (non-hydrogen) atoms. The average Bonchev–Trinajstić information content (AvgIpc) is 3.14. The first-order chi connectivity index (χ1) is 25.5. The number of carbonyl (C=O) groups excluding carboxylic acids is 3. The molecule has 0 heterocycles. The summed E-state index contributed by atoms with van der Waals surface area (Å²) in [6.45, 7) is 6.52. The van der Waals surface area contributed by atoms with Crippen LogP contribution in [0.1, 0.15) is 233 Å². The molecule has 0 spiro atoms. The maximum absolute atomic E-state index is 12.6. The summed E-state index contributed by atoms with van der Waals surface area (Å²) in [5.74, 6) is -0.897. The minimum absolute atomic E-state index is 0.0750. The third kappa shape index (κ3) is 39.1. The fourth-order valence-corrected chi connectivity index (χ4v) is 6.24. The molecule has 6 heteroatoms. The van der Waals surface area contributed by atoms with Gasteiger partial charge in [-0.1, -0.05) is 173 Å². The molecule has 0 radical (unpaired) electrons. The van der Waals surface area contributed by atoms with Gasteiger partial charge in [0.1, 0.15) is 13.2 Å². The molecule has 0 aromatic rings. The molecule has 6 nitrogen and oxygen atoms in total. The number of hydrogen-bond donors (Lipinski definition) is 0. The first kappa shape index (κ1) is 49.9. The average molecular weight is 733 g/mol. The van der Waals surface area contributed by atoms with Crippen LogP contribution in [0.3, 0.4) is 0 Å². The number of carbonyl (C=O) groups is 3. The van der Waals surface area contributed by atoms with Crippen molar-refractivity contribution in [2.45, 2.75) is 239 Å². The largest absolute Gasteiger partial charge is 0.462 e. The summed E-state index contributed by atoms with van der Waals surface area (Å²) in [5.41, 5.74) is 0. The lowest BCUT2D eigenvalue weighted by atomic mass is 10.1. The van der Waals surface area contributed by atoms with Gasteiger partial charge < -0.3 is 14.2 Å². The zero-order chi connectivity index (χ0) is 38.0. The topological polar surface area (TPSA) is 78.9 Å². The Kier molecular flexibility index (Phi) is 40.0. The fourth-order valence-electron chi connectivity index (χ4n) is 6.24. The quantitative estimate of drug-likeness (QED) is 0.0270. The Morgan fingerprint density at radius 3 is 1.02 bits per heavy atom. The van der Waals surface area contributed by atoms with E-state index in [2.05, 4.69) is 45.1 Å². The maximum Gasteiger partial charge on any atom is 0.306 e. The van der Waals surface area contributed by atoms with Crippen LogP contribution >= 0.6 is 0 Å². The van der Waals surface area contributed by atoms with E-state index in [0.29, 0.717) is 19.3 Å². The van der Waals surface area contributed by atoms with Crippen molar-refractivity contribution < 1.29 is 28.6 Å². The lowest BCUT2D eigenvalue weighted by Crippen LogP contribution is -2.30. The van der Waals surface area contributed by atoms with Crippen molar-refractivity contribution in [3.8, 4) is 0 Å².